The van der Waals surface area contributed by atoms with Gasteiger partial charge in [-0.3, -0.25) is 0 Å². The molecule has 0 aromatic rings. The topological polar surface area (TPSA) is 32.3 Å². The highest BCUT2D eigenvalue weighted by Crippen LogP contribution is 2.33. The average molecular weight is 227 g/mol. The number of nitrogens with one attached hydrogen (secondary N) is 1. The molecule has 0 aliphatic heterocycles. The first kappa shape index (κ1) is 14.0. The third-order valence-corrected chi connectivity index (χ3v) is 4.03. The zero-order chi connectivity index (χ0) is 12.0. The third-order valence-electron chi connectivity index (χ3n) is 4.03. The van der Waals surface area contributed by atoms with Gasteiger partial charge >= 0.3 is 0 Å². The monoisotopic (exact) mass is 227 g/mol. The Labute approximate surface area is 101 Å². The Morgan fingerprint density at radius 2 is 2.00 bits per heavy atom. The summed E-state index contributed by atoms with van der Waals surface area (Å²) in [7, 11) is 0. The molecule has 1 aliphatic rings. The van der Waals surface area contributed by atoms with Gasteiger partial charge in [-0.2, -0.15) is 0 Å². The maximum absolute atomic E-state index is 10.4. The van der Waals surface area contributed by atoms with E-state index in [4.69, 9.17) is 0 Å². The van der Waals surface area contributed by atoms with Crippen LogP contribution in [0, 0.1) is 5.92 Å². The van der Waals surface area contributed by atoms with Gasteiger partial charge in [0.25, 0.3) is 0 Å². The van der Waals surface area contributed by atoms with Gasteiger partial charge in [0.15, 0.2) is 0 Å². The zero-order valence-corrected chi connectivity index (χ0v) is 11.3. The Hall–Kier alpha value is -0.0800. The van der Waals surface area contributed by atoms with Crippen LogP contribution in [0.25, 0.3) is 0 Å². The molecule has 2 N–H and O–H groups in total. The van der Waals surface area contributed by atoms with E-state index >= 15 is 0 Å². The van der Waals surface area contributed by atoms with E-state index in [1.54, 1.807) is 0 Å². The zero-order valence-electron chi connectivity index (χ0n) is 11.3. The minimum atomic E-state index is -0.503. The molecule has 2 heteroatoms. The van der Waals surface area contributed by atoms with Crippen LogP contribution in [0.2, 0.25) is 0 Å². The first-order chi connectivity index (χ1) is 7.56. The fraction of sp³-hybridized carbons (Fsp3) is 1.00. The van der Waals surface area contributed by atoms with Gasteiger partial charge in [-0.1, -0.05) is 32.6 Å². The summed E-state index contributed by atoms with van der Waals surface area (Å²) in [6.45, 7) is 7.20. The van der Waals surface area contributed by atoms with Crippen molar-refractivity contribution in [3.05, 3.63) is 0 Å². The summed E-state index contributed by atoms with van der Waals surface area (Å²) in [5, 5.41) is 13.9. The van der Waals surface area contributed by atoms with Crippen LogP contribution in [0.4, 0.5) is 0 Å². The molecule has 0 aromatic heterocycles. The molecule has 1 rings (SSSR count). The predicted molar refractivity (Wildman–Crippen MR) is 69.6 cm³/mol. The van der Waals surface area contributed by atoms with Crippen molar-refractivity contribution in [3.63, 3.8) is 0 Å². The van der Waals surface area contributed by atoms with Crippen molar-refractivity contribution >= 4 is 0 Å². The van der Waals surface area contributed by atoms with E-state index in [1.165, 1.54) is 44.9 Å². The second kappa shape index (κ2) is 6.61. The highest BCUT2D eigenvalue weighted by Gasteiger charge is 2.33. The summed E-state index contributed by atoms with van der Waals surface area (Å²) in [6.07, 6.45) is 8.76. The van der Waals surface area contributed by atoms with Crippen LogP contribution in [0.1, 0.15) is 65.7 Å². The summed E-state index contributed by atoms with van der Waals surface area (Å²) < 4.78 is 0. The molecule has 0 aromatic carbocycles. The van der Waals surface area contributed by atoms with Gasteiger partial charge in [0, 0.05) is 12.6 Å². The molecule has 2 unspecified atom stereocenters. The maximum atomic E-state index is 10.4. The van der Waals surface area contributed by atoms with E-state index < -0.39 is 5.60 Å². The largest absolute Gasteiger partial charge is 0.389 e. The average Bonchev–Trinajstić information content (AvgIpc) is 2.77. The number of hydrogen-bond acceptors (Lipinski definition) is 2. The summed E-state index contributed by atoms with van der Waals surface area (Å²) in [6, 6.07) is 0.535. The van der Waals surface area contributed by atoms with E-state index in [2.05, 4.69) is 19.2 Å². The van der Waals surface area contributed by atoms with E-state index in [1.807, 2.05) is 6.92 Å². The molecule has 1 saturated carbocycles. The summed E-state index contributed by atoms with van der Waals surface area (Å²) in [5.74, 6) is 0.512. The summed E-state index contributed by atoms with van der Waals surface area (Å²) in [4.78, 5) is 0. The van der Waals surface area contributed by atoms with Crippen molar-refractivity contribution < 1.29 is 5.11 Å². The SMILES string of the molecule is CCCCC(C)NCC(C)(O)C1CCCC1. The van der Waals surface area contributed by atoms with Gasteiger partial charge in [-0.15, -0.1) is 0 Å². The number of aliphatic hydroxyl groups is 1. The summed E-state index contributed by atoms with van der Waals surface area (Å²) in [5.41, 5.74) is -0.503. The molecule has 0 bridgehead atoms. The molecule has 1 aliphatic carbocycles. The molecule has 0 amide bonds. The van der Waals surface area contributed by atoms with Crippen LogP contribution < -0.4 is 5.32 Å². The molecule has 0 saturated heterocycles. The highest BCUT2D eigenvalue weighted by molar-refractivity contribution is 4.87. The number of rotatable bonds is 7. The number of hydrogen-bond donors (Lipinski definition) is 2. The molecule has 0 spiro atoms. The lowest BCUT2D eigenvalue weighted by atomic mass is 9.87. The van der Waals surface area contributed by atoms with Gasteiger partial charge in [-0.25, -0.2) is 0 Å². The van der Waals surface area contributed by atoms with Crippen molar-refractivity contribution in [2.75, 3.05) is 6.54 Å². The fourth-order valence-electron chi connectivity index (χ4n) is 2.69. The fourth-order valence-corrected chi connectivity index (χ4v) is 2.69. The van der Waals surface area contributed by atoms with Crippen LogP contribution in [0.15, 0.2) is 0 Å². The molecule has 2 nitrogen and oxygen atoms in total. The van der Waals surface area contributed by atoms with E-state index in [-0.39, 0.29) is 0 Å². The Morgan fingerprint density at radius 3 is 2.56 bits per heavy atom. The first-order valence-electron chi connectivity index (χ1n) is 7.02. The standard InChI is InChI=1S/C14H29NO/c1-4-5-8-12(2)15-11-14(3,16)13-9-6-7-10-13/h12-13,15-16H,4-11H2,1-3H3. The normalized spacial score (nSPS) is 23.2. The van der Waals surface area contributed by atoms with Gasteiger partial charge in [0.1, 0.15) is 0 Å². The Kier molecular flexibility index (Phi) is 5.77. The van der Waals surface area contributed by atoms with Crippen molar-refractivity contribution in [3.8, 4) is 0 Å². The van der Waals surface area contributed by atoms with Crippen LogP contribution >= 0.6 is 0 Å². The Morgan fingerprint density at radius 1 is 1.38 bits per heavy atom. The molecule has 0 radical (unpaired) electrons. The van der Waals surface area contributed by atoms with Gasteiger partial charge in [-0.05, 0) is 39.0 Å². The quantitative estimate of drug-likeness (QED) is 0.700. The smallest absolute Gasteiger partial charge is 0.0771 e. The van der Waals surface area contributed by atoms with E-state index in [0.29, 0.717) is 12.0 Å². The molecule has 1 fully saturated rings. The van der Waals surface area contributed by atoms with Gasteiger partial charge in [0.05, 0.1) is 5.60 Å². The molecule has 2 atom stereocenters. The van der Waals surface area contributed by atoms with Crippen molar-refractivity contribution in [2.45, 2.75) is 77.4 Å². The predicted octanol–water partition coefficient (Wildman–Crippen LogP) is 3.10. The van der Waals surface area contributed by atoms with Gasteiger partial charge < -0.3 is 10.4 Å². The summed E-state index contributed by atoms with van der Waals surface area (Å²) >= 11 is 0. The van der Waals surface area contributed by atoms with E-state index in [9.17, 15) is 5.11 Å². The molecular formula is C14H29NO. The van der Waals surface area contributed by atoms with E-state index in [0.717, 1.165) is 6.54 Å². The lowest BCUT2D eigenvalue weighted by Crippen LogP contribution is -2.46. The third kappa shape index (κ3) is 4.42. The molecular weight excluding hydrogens is 198 g/mol. The van der Waals surface area contributed by atoms with Crippen molar-refractivity contribution in [1.29, 1.82) is 0 Å². The maximum Gasteiger partial charge on any atom is 0.0771 e. The second-order valence-corrected chi connectivity index (χ2v) is 5.76. The minimum absolute atomic E-state index is 0.503. The second-order valence-electron chi connectivity index (χ2n) is 5.76. The van der Waals surface area contributed by atoms with Crippen LogP contribution in [0.5, 0.6) is 0 Å². The lowest BCUT2D eigenvalue weighted by molar-refractivity contribution is 0.000325. The minimum Gasteiger partial charge on any atom is -0.389 e. The number of unbranched alkanes of at least 4 members (excludes halogenated alkanes) is 1. The molecule has 96 valence electrons. The highest BCUT2D eigenvalue weighted by atomic mass is 16.3. The molecule has 0 heterocycles. The van der Waals surface area contributed by atoms with Crippen LogP contribution in [-0.4, -0.2) is 23.3 Å². The van der Waals surface area contributed by atoms with Gasteiger partial charge in [0.2, 0.25) is 0 Å². The first-order valence-corrected chi connectivity index (χ1v) is 7.02. The van der Waals surface area contributed by atoms with Crippen LogP contribution in [-0.2, 0) is 0 Å². The van der Waals surface area contributed by atoms with Crippen LogP contribution in [0.3, 0.4) is 0 Å². The van der Waals surface area contributed by atoms with Crippen molar-refractivity contribution in [1.82, 2.24) is 5.32 Å². The molecule has 16 heavy (non-hydrogen) atoms. The lowest BCUT2D eigenvalue weighted by Gasteiger charge is -2.31. The van der Waals surface area contributed by atoms with Crippen molar-refractivity contribution in [2.24, 2.45) is 5.92 Å². The Balaban J connectivity index is 2.23. The Bertz CT molecular complexity index is 185.